The summed E-state index contributed by atoms with van der Waals surface area (Å²) in [7, 11) is 0. The molecule has 0 radical (unpaired) electrons. The van der Waals surface area contributed by atoms with Gasteiger partial charge in [0.25, 0.3) is 0 Å². The lowest BCUT2D eigenvalue weighted by molar-refractivity contribution is -0.131. The molecule has 1 amide bonds. The Bertz CT molecular complexity index is 887. The zero-order valence-electron chi connectivity index (χ0n) is 17.2. The van der Waals surface area contributed by atoms with Crippen LogP contribution in [0.5, 0.6) is 0 Å². The lowest BCUT2D eigenvalue weighted by Crippen LogP contribution is -2.41. The van der Waals surface area contributed by atoms with E-state index in [9.17, 15) is 9.90 Å². The fourth-order valence-electron chi connectivity index (χ4n) is 3.89. The van der Waals surface area contributed by atoms with E-state index >= 15 is 0 Å². The van der Waals surface area contributed by atoms with Crippen molar-refractivity contribution >= 4 is 11.5 Å². The molecule has 154 valence electrons. The van der Waals surface area contributed by atoms with Crippen LogP contribution in [0.2, 0.25) is 0 Å². The third-order valence-corrected chi connectivity index (χ3v) is 5.72. The molecule has 1 fully saturated rings. The van der Waals surface area contributed by atoms with E-state index in [1.807, 2.05) is 14.5 Å². The van der Waals surface area contributed by atoms with E-state index in [4.69, 9.17) is 0 Å². The van der Waals surface area contributed by atoms with Gasteiger partial charge in [-0.05, 0) is 37.8 Å². The Hall–Kier alpha value is -2.51. The fourth-order valence-corrected chi connectivity index (χ4v) is 3.89. The molecule has 7 nitrogen and oxygen atoms in total. The molecule has 2 aliphatic rings. The number of β-amino-alcohol motifs (C(OH)–C–C–N with tert-alkyl or cyclic N) is 1. The average Bonchev–Trinajstić information content (AvgIpc) is 3.38. The number of aliphatic hydroxyl groups excluding tert-OH is 1. The monoisotopic (exact) mass is 395 g/mol. The Morgan fingerprint density at radius 2 is 1.97 bits per heavy atom. The number of benzene rings is 1. The van der Waals surface area contributed by atoms with Gasteiger partial charge in [-0.3, -0.25) is 9.69 Å². The summed E-state index contributed by atoms with van der Waals surface area (Å²) in [6.07, 6.45) is 5.26. The summed E-state index contributed by atoms with van der Waals surface area (Å²) in [6, 6.07) is 8.64. The minimum absolute atomic E-state index is 0.150. The van der Waals surface area contributed by atoms with E-state index in [1.54, 1.807) is 6.33 Å². The molecule has 4 rings (SSSR count). The summed E-state index contributed by atoms with van der Waals surface area (Å²) in [5, 5.41) is 14.1. The number of amides is 1. The van der Waals surface area contributed by atoms with Crippen molar-refractivity contribution in [3.8, 4) is 11.4 Å². The first-order valence-electron chi connectivity index (χ1n) is 10.4. The molecule has 3 heterocycles. The largest absolute Gasteiger partial charge is 0.392 e. The van der Waals surface area contributed by atoms with E-state index < -0.39 is 0 Å². The zero-order chi connectivity index (χ0) is 20.4. The molecule has 1 aromatic carbocycles. The number of aromatic nitrogens is 3. The van der Waals surface area contributed by atoms with Gasteiger partial charge in [-0.2, -0.15) is 5.10 Å². The molecular weight excluding hydrogens is 366 g/mol. The fraction of sp³-hybridized carbons (Fsp3) is 0.500. The minimum atomic E-state index is -0.284. The molecule has 0 bridgehead atoms. The van der Waals surface area contributed by atoms with Crippen molar-refractivity contribution in [2.45, 2.75) is 38.8 Å². The van der Waals surface area contributed by atoms with Crippen LogP contribution in [0.4, 0.5) is 0 Å². The smallest absolute Gasteiger partial charge is 0.237 e. The van der Waals surface area contributed by atoms with Gasteiger partial charge in [0.2, 0.25) is 5.91 Å². The normalized spacial score (nSPS) is 20.3. The van der Waals surface area contributed by atoms with Gasteiger partial charge in [0.15, 0.2) is 5.82 Å². The maximum absolute atomic E-state index is 12.5. The highest BCUT2D eigenvalue weighted by atomic mass is 16.3. The van der Waals surface area contributed by atoms with Crippen molar-refractivity contribution in [1.29, 1.82) is 0 Å². The van der Waals surface area contributed by atoms with Gasteiger partial charge in [-0.1, -0.05) is 30.3 Å². The SMILES string of the molecule is CC(C)n1cnc(-c2ccc(C3=CCN(C(=O)CN4CC[C@H](O)C4)CC3)cc2)n1. The Kier molecular flexibility index (Phi) is 5.78. The lowest BCUT2D eigenvalue weighted by Gasteiger charge is -2.28. The Morgan fingerprint density at radius 3 is 2.55 bits per heavy atom. The van der Waals surface area contributed by atoms with E-state index in [0.29, 0.717) is 25.7 Å². The number of hydrogen-bond acceptors (Lipinski definition) is 5. The molecule has 2 aliphatic heterocycles. The van der Waals surface area contributed by atoms with E-state index in [0.717, 1.165) is 37.3 Å². The van der Waals surface area contributed by atoms with Crippen molar-refractivity contribution in [3.05, 3.63) is 42.2 Å². The molecule has 0 unspecified atom stereocenters. The predicted molar refractivity (Wildman–Crippen MR) is 112 cm³/mol. The molecule has 1 aromatic heterocycles. The highest BCUT2D eigenvalue weighted by Crippen LogP contribution is 2.25. The third kappa shape index (κ3) is 4.57. The summed E-state index contributed by atoms with van der Waals surface area (Å²) in [5.41, 5.74) is 3.47. The van der Waals surface area contributed by atoms with Gasteiger partial charge in [0.1, 0.15) is 6.33 Å². The number of likely N-dealkylation sites (tertiary alicyclic amines) is 1. The molecular formula is C22H29N5O2. The van der Waals surface area contributed by atoms with Crippen LogP contribution in [0.25, 0.3) is 17.0 Å². The zero-order valence-corrected chi connectivity index (χ0v) is 17.2. The molecule has 1 atom stereocenters. The summed E-state index contributed by atoms with van der Waals surface area (Å²) in [4.78, 5) is 20.9. The summed E-state index contributed by atoms with van der Waals surface area (Å²) in [6.45, 7) is 7.37. The Morgan fingerprint density at radius 1 is 1.21 bits per heavy atom. The standard InChI is InChI=1S/C22H29N5O2/c1-16(2)27-15-23-22(24-27)19-5-3-17(4-6-19)18-7-11-26(12-8-18)21(29)14-25-10-9-20(28)13-25/h3-7,15-16,20,28H,8-14H2,1-2H3/t20-/m0/s1. The second-order valence-electron chi connectivity index (χ2n) is 8.22. The van der Waals surface area contributed by atoms with E-state index in [1.165, 1.54) is 11.1 Å². The van der Waals surface area contributed by atoms with Crippen LogP contribution in [-0.4, -0.2) is 74.4 Å². The molecule has 2 aromatic rings. The van der Waals surface area contributed by atoms with Crippen molar-refractivity contribution < 1.29 is 9.90 Å². The first-order chi connectivity index (χ1) is 14.0. The van der Waals surface area contributed by atoms with Gasteiger partial charge in [0.05, 0.1) is 12.6 Å². The van der Waals surface area contributed by atoms with Crippen molar-refractivity contribution in [1.82, 2.24) is 24.6 Å². The predicted octanol–water partition coefficient (Wildman–Crippen LogP) is 2.21. The number of carbonyl (C=O) groups is 1. The quantitative estimate of drug-likeness (QED) is 0.840. The second-order valence-corrected chi connectivity index (χ2v) is 8.22. The van der Waals surface area contributed by atoms with Crippen LogP contribution in [0, 0.1) is 0 Å². The first kappa shape index (κ1) is 19.8. The highest BCUT2D eigenvalue weighted by Gasteiger charge is 2.25. The second kappa shape index (κ2) is 8.47. The maximum Gasteiger partial charge on any atom is 0.237 e. The molecule has 29 heavy (non-hydrogen) atoms. The van der Waals surface area contributed by atoms with Gasteiger partial charge < -0.3 is 10.0 Å². The van der Waals surface area contributed by atoms with Crippen LogP contribution in [0.3, 0.4) is 0 Å². The van der Waals surface area contributed by atoms with Crippen LogP contribution in [0.1, 0.15) is 38.3 Å². The lowest BCUT2D eigenvalue weighted by atomic mass is 9.98. The summed E-state index contributed by atoms with van der Waals surface area (Å²) < 4.78 is 1.86. The van der Waals surface area contributed by atoms with Crippen LogP contribution in [-0.2, 0) is 4.79 Å². The van der Waals surface area contributed by atoms with E-state index in [-0.39, 0.29) is 12.0 Å². The number of carbonyl (C=O) groups excluding carboxylic acids is 1. The van der Waals surface area contributed by atoms with Crippen LogP contribution < -0.4 is 0 Å². The van der Waals surface area contributed by atoms with Gasteiger partial charge in [-0.25, -0.2) is 9.67 Å². The number of aliphatic hydroxyl groups is 1. The highest BCUT2D eigenvalue weighted by molar-refractivity contribution is 5.80. The third-order valence-electron chi connectivity index (χ3n) is 5.72. The van der Waals surface area contributed by atoms with Gasteiger partial charge >= 0.3 is 0 Å². The topological polar surface area (TPSA) is 74.5 Å². The minimum Gasteiger partial charge on any atom is -0.392 e. The molecule has 0 aliphatic carbocycles. The van der Waals surface area contributed by atoms with Crippen molar-refractivity contribution in [3.63, 3.8) is 0 Å². The molecule has 7 heteroatoms. The van der Waals surface area contributed by atoms with E-state index in [2.05, 4.69) is 54.3 Å². The molecule has 1 N–H and O–H groups in total. The summed E-state index contributed by atoms with van der Waals surface area (Å²) in [5.74, 6) is 0.892. The number of rotatable bonds is 5. The molecule has 0 spiro atoms. The van der Waals surface area contributed by atoms with Crippen LogP contribution >= 0.6 is 0 Å². The average molecular weight is 396 g/mol. The maximum atomic E-state index is 12.5. The van der Waals surface area contributed by atoms with Gasteiger partial charge in [0, 0.05) is 37.8 Å². The molecule has 1 saturated heterocycles. The first-order valence-corrected chi connectivity index (χ1v) is 10.4. The Labute approximate surface area is 171 Å². The Balaban J connectivity index is 1.36. The summed E-state index contributed by atoms with van der Waals surface area (Å²) >= 11 is 0. The molecule has 0 saturated carbocycles. The number of hydrogen-bond donors (Lipinski definition) is 1. The van der Waals surface area contributed by atoms with Crippen molar-refractivity contribution in [2.75, 3.05) is 32.7 Å². The number of nitrogens with zero attached hydrogens (tertiary/aromatic N) is 5. The van der Waals surface area contributed by atoms with Gasteiger partial charge in [-0.15, -0.1) is 0 Å². The van der Waals surface area contributed by atoms with Crippen LogP contribution in [0.15, 0.2) is 36.7 Å². The van der Waals surface area contributed by atoms with Crippen molar-refractivity contribution in [2.24, 2.45) is 0 Å².